The molecule has 1 aliphatic carbocycles. The molecule has 0 radical (unpaired) electrons. The van der Waals surface area contributed by atoms with E-state index in [1.165, 1.54) is 0 Å². The summed E-state index contributed by atoms with van der Waals surface area (Å²) in [5, 5.41) is 10.6. The van der Waals surface area contributed by atoms with Gasteiger partial charge in [0, 0.05) is 45.0 Å². The van der Waals surface area contributed by atoms with Gasteiger partial charge in [-0.25, -0.2) is 9.97 Å². The lowest BCUT2D eigenvalue weighted by atomic mass is 10.2. The summed E-state index contributed by atoms with van der Waals surface area (Å²) in [7, 11) is 3.69. The summed E-state index contributed by atoms with van der Waals surface area (Å²) < 4.78 is 11.2. The number of halogens is 1. The highest BCUT2D eigenvalue weighted by molar-refractivity contribution is 6.30. The maximum absolute atomic E-state index is 6.39. The predicted molar refractivity (Wildman–Crippen MR) is 115 cm³/mol. The third-order valence-corrected chi connectivity index (χ3v) is 5.62. The molecule has 0 amide bonds. The van der Waals surface area contributed by atoms with Gasteiger partial charge in [-0.3, -0.25) is 9.36 Å². The van der Waals surface area contributed by atoms with Crippen molar-refractivity contribution in [1.82, 2.24) is 34.1 Å². The average molecular weight is 426 g/mol. The lowest BCUT2D eigenvalue weighted by Gasteiger charge is -2.06. The van der Waals surface area contributed by atoms with E-state index in [1.54, 1.807) is 7.11 Å². The van der Waals surface area contributed by atoms with Crippen LogP contribution in [0.3, 0.4) is 0 Å². The summed E-state index contributed by atoms with van der Waals surface area (Å²) in [6, 6.07) is 4.42. The van der Waals surface area contributed by atoms with Crippen LogP contribution in [0.4, 0.5) is 0 Å². The topological polar surface area (TPSA) is 75.6 Å². The van der Waals surface area contributed by atoms with E-state index in [1.807, 2.05) is 41.7 Å². The van der Waals surface area contributed by atoms with E-state index in [4.69, 9.17) is 21.3 Å². The minimum Gasteiger partial charge on any atom is -0.385 e. The molecular formula is C21H24ClN7O. The van der Waals surface area contributed by atoms with Gasteiger partial charge < -0.3 is 9.30 Å². The van der Waals surface area contributed by atoms with Gasteiger partial charge in [0.2, 0.25) is 0 Å². The van der Waals surface area contributed by atoms with Gasteiger partial charge in [0.05, 0.1) is 29.1 Å². The van der Waals surface area contributed by atoms with E-state index in [9.17, 15) is 0 Å². The SMILES string of the molecule is COCCCn1nc(C)cc1-c1cn(C)c(-c2nc(Cl)cc3c2cnn3C2CC2)n1. The first-order valence-electron chi connectivity index (χ1n) is 10.2. The summed E-state index contributed by atoms with van der Waals surface area (Å²) >= 11 is 6.39. The number of nitrogens with zero attached hydrogens (tertiary/aromatic N) is 7. The largest absolute Gasteiger partial charge is 0.385 e. The molecule has 1 fully saturated rings. The van der Waals surface area contributed by atoms with Gasteiger partial charge in [0.15, 0.2) is 5.82 Å². The summed E-state index contributed by atoms with van der Waals surface area (Å²) in [5.74, 6) is 0.759. The Balaban J connectivity index is 1.58. The third kappa shape index (κ3) is 3.40. The third-order valence-electron chi connectivity index (χ3n) is 5.43. The van der Waals surface area contributed by atoms with Gasteiger partial charge in [-0.1, -0.05) is 11.6 Å². The smallest absolute Gasteiger partial charge is 0.159 e. The fourth-order valence-electron chi connectivity index (χ4n) is 3.88. The molecule has 0 aromatic carbocycles. The monoisotopic (exact) mass is 425 g/mol. The zero-order chi connectivity index (χ0) is 20.8. The van der Waals surface area contributed by atoms with Crippen molar-refractivity contribution in [3.05, 3.63) is 35.4 Å². The number of methoxy groups -OCH3 is 1. The Labute approximate surface area is 179 Å². The van der Waals surface area contributed by atoms with E-state index in [-0.39, 0.29) is 0 Å². The van der Waals surface area contributed by atoms with Crippen LogP contribution in [-0.4, -0.2) is 47.8 Å². The lowest BCUT2D eigenvalue weighted by Crippen LogP contribution is -2.05. The summed E-state index contributed by atoms with van der Waals surface area (Å²) in [6.07, 6.45) is 7.09. The maximum Gasteiger partial charge on any atom is 0.159 e. The van der Waals surface area contributed by atoms with Crippen molar-refractivity contribution in [2.45, 2.75) is 38.8 Å². The van der Waals surface area contributed by atoms with Crippen LogP contribution >= 0.6 is 11.6 Å². The van der Waals surface area contributed by atoms with Crippen molar-refractivity contribution in [3.8, 4) is 22.9 Å². The Hall–Kier alpha value is -2.71. The number of aromatic nitrogens is 7. The average Bonchev–Trinajstić information content (AvgIpc) is 3.18. The van der Waals surface area contributed by atoms with Crippen molar-refractivity contribution in [3.63, 3.8) is 0 Å². The molecule has 0 saturated heterocycles. The lowest BCUT2D eigenvalue weighted by molar-refractivity contribution is 0.189. The van der Waals surface area contributed by atoms with Crippen molar-refractivity contribution in [1.29, 1.82) is 0 Å². The maximum atomic E-state index is 6.39. The first kappa shape index (κ1) is 19.3. The van der Waals surface area contributed by atoms with Crippen molar-refractivity contribution in [2.75, 3.05) is 13.7 Å². The number of aryl methyl sites for hydroxylation is 3. The minimum absolute atomic E-state index is 0.449. The molecule has 0 N–H and O–H groups in total. The molecule has 1 saturated carbocycles. The Morgan fingerprint density at radius 3 is 2.83 bits per heavy atom. The zero-order valence-electron chi connectivity index (χ0n) is 17.3. The molecule has 4 aromatic heterocycles. The van der Waals surface area contributed by atoms with Crippen LogP contribution < -0.4 is 0 Å². The molecule has 0 spiro atoms. The molecule has 30 heavy (non-hydrogen) atoms. The van der Waals surface area contributed by atoms with Gasteiger partial charge in [-0.15, -0.1) is 0 Å². The van der Waals surface area contributed by atoms with Crippen LogP contribution in [0.15, 0.2) is 24.5 Å². The highest BCUT2D eigenvalue weighted by atomic mass is 35.5. The molecule has 4 aromatic rings. The Morgan fingerprint density at radius 1 is 1.23 bits per heavy atom. The number of imidazole rings is 1. The Morgan fingerprint density at radius 2 is 2.07 bits per heavy atom. The highest BCUT2D eigenvalue weighted by Gasteiger charge is 2.27. The number of hydrogen-bond donors (Lipinski definition) is 0. The summed E-state index contributed by atoms with van der Waals surface area (Å²) in [6.45, 7) is 3.46. The molecule has 0 aliphatic heterocycles. The Kier molecular flexibility index (Phi) is 4.83. The molecule has 5 rings (SSSR count). The van der Waals surface area contributed by atoms with Crippen molar-refractivity contribution < 1.29 is 4.74 Å². The van der Waals surface area contributed by atoms with E-state index in [0.29, 0.717) is 17.8 Å². The fraction of sp³-hybridized carbons (Fsp3) is 0.429. The van der Waals surface area contributed by atoms with Crippen LogP contribution in [-0.2, 0) is 18.3 Å². The molecule has 9 heteroatoms. The van der Waals surface area contributed by atoms with E-state index in [2.05, 4.69) is 25.9 Å². The summed E-state index contributed by atoms with van der Waals surface area (Å²) in [5.41, 5.74) is 4.56. The van der Waals surface area contributed by atoms with Crippen molar-refractivity contribution >= 4 is 22.5 Å². The van der Waals surface area contributed by atoms with Crippen LogP contribution in [0.25, 0.3) is 33.8 Å². The highest BCUT2D eigenvalue weighted by Crippen LogP contribution is 2.39. The standard InChI is InChI=1S/C21H24ClN7O/c1-13-9-18(28(26-13)7-4-8-30-3)16-12-27(2)21(24-16)20-15-11-23-29(14-5-6-14)17(15)10-19(22)25-20/h9-12,14H,4-8H2,1-3H3. The van der Waals surface area contributed by atoms with Gasteiger partial charge in [0.25, 0.3) is 0 Å². The van der Waals surface area contributed by atoms with E-state index >= 15 is 0 Å². The first-order valence-corrected chi connectivity index (χ1v) is 10.5. The molecule has 4 heterocycles. The van der Waals surface area contributed by atoms with Crippen LogP contribution in [0, 0.1) is 6.92 Å². The van der Waals surface area contributed by atoms with Crippen LogP contribution in [0.1, 0.15) is 31.0 Å². The van der Waals surface area contributed by atoms with E-state index < -0.39 is 0 Å². The first-order chi connectivity index (χ1) is 14.5. The number of rotatable bonds is 7. The molecule has 8 nitrogen and oxygen atoms in total. The van der Waals surface area contributed by atoms with Gasteiger partial charge in [0.1, 0.15) is 16.5 Å². The van der Waals surface area contributed by atoms with Gasteiger partial charge in [-0.2, -0.15) is 10.2 Å². The van der Waals surface area contributed by atoms with Crippen LogP contribution in [0.5, 0.6) is 0 Å². The molecular weight excluding hydrogens is 402 g/mol. The zero-order valence-corrected chi connectivity index (χ0v) is 18.1. The van der Waals surface area contributed by atoms with Gasteiger partial charge in [-0.05, 0) is 32.3 Å². The normalized spacial score (nSPS) is 14.1. The van der Waals surface area contributed by atoms with Gasteiger partial charge >= 0.3 is 0 Å². The second-order valence-corrected chi connectivity index (χ2v) is 8.24. The number of fused-ring (bicyclic) bond motifs is 1. The quantitative estimate of drug-likeness (QED) is 0.330. The molecule has 156 valence electrons. The summed E-state index contributed by atoms with van der Waals surface area (Å²) in [4.78, 5) is 9.54. The minimum atomic E-state index is 0.449. The molecule has 0 bridgehead atoms. The van der Waals surface area contributed by atoms with E-state index in [0.717, 1.165) is 65.3 Å². The second-order valence-electron chi connectivity index (χ2n) is 7.85. The molecule has 0 unspecified atom stereocenters. The molecule has 1 aliphatic rings. The number of pyridine rings is 1. The van der Waals surface area contributed by atoms with Crippen LogP contribution in [0.2, 0.25) is 5.15 Å². The van der Waals surface area contributed by atoms with Crippen molar-refractivity contribution in [2.24, 2.45) is 7.05 Å². The second kappa shape index (κ2) is 7.52. The number of ether oxygens (including phenoxy) is 1. The number of hydrogen-bond acceptors (Lipinski definition) is 5. The molecule has 0 atom stereocenters. The fourth-order valence-corrected chi connectivity index (χ4v) is 4.07. The Bertz CT molecular complexity index is 1220. The predicted octanol–water partition coefficient (Wildman–Crippen LogP) is 4.03.